The maximum absolute atomic E-state index is 12.3. The van der Waals surface area contributed by atoms with Crippen LogP contribution in [0.25, 0.3) is 0 Å². The molecule has 1 atom stereocenters. The van der Waals surface area contributed by atoms with Crippen LogP contribution in [-0.4, -0.2) is 37.4 Å². The molecule has 0 aliphatic rings. The summed E-state index contributed by atoms with van der Waals surface area (Å²) in [5.74, 6) is 0.163. The van der Waals surface area contributed by atoms with Crippen molar-refractivity contribution in [2.45, 2.75) is 19.9 Å². The summed E-state index contributed by atoms with van der Waals surface area (Å²) in [5.41, 5.74) is 1.17. The molecule has 1 heterocycles. The average molecular weight is 359 g/mol. The summed E-state index contributed by atoms with van der Waals surface area (Å²) in [7, 11) is 3.41. The number of amides is 2. The van der Waals surface area contributed by atoms with E-state index < -0.39 is 0 Å². The van der Waals surface area contributed by atoms with Gasteiger partial charge in [-0.25, -0.2) is 0 Å². The first-order valence-electron chi connectivity index (χ1n) is 8.27. The minimum absolute atomic E-state index is 0.0909. The van der Waals surface area contributed by atoms with Crippen LogP contribution in [0.4, 0.5) is 5.69 Å². The molecule has 1 aromatic carbocycles. The fraction of sp³-hybridized carbons (Fsp3) is 0.368. The predicted molar refractivity (Wildman–Crippen MR) is 103 cm³/mol. The molecule has 2 amide bonds. The maximum atomic E-state index is 12.3. The number of carbonyl (C=O) groups is 2. The Labute approximate surface area is 153 Å². The van der Waals surface area contributed by atoms with E-state index in [4.69, 9.17) is 0 Å². The number of thiophene rings is 1. The Morgan fingerprint density at radius 2 is 1.92 bits per heavy atom. The number of nitrogens with one attached hydrogen (secondary N) is 2. The summed E-state index contributed by atoms with van der Waals surface area (Å²) in [6, 6.07) is 11.2. The van der Waals surface area contributed by atoms with Gasteiger partial charge in [-0.15, -0.1) is 11.3 Å². The van der Waals surface area contributed by atoms with Crippen LogP contribution in [0.1, 0.15) is 35.1 Å². The van der Waals surface area contributed by atoms with E-state index >= 15 is 0 Å². The van der Waals surface area contributed by atoms with E-state index in [1.54, 1.807) is 49.7 Å². The molecule has 0 saturated carbocycles. The summed E-state index contributed by atoms with van der Waals surface area (Å²) in [5, 5.41) is 8.21. The van der Waals surface area contributed by atoms with Gasteiger partial charge in [-0.3, -0.25) is 9.59 Å². The van der Waals surface area contributed by atoms with Crippen molar-refractivity contribution in [3.8, 4) is 0 Å². The highest BCUT2D eigenvalue weighted by molar-refractivity contribution is 7.10. The van der Waals surface area contributed by atoms with Gasteiger partial charge >= 0.3 is 0 Å². The molecule has 2 rings (SSSR count). The van der Waals surface area contributed by atoms with Crippen LogP contribution in [0, 0.1) is 5.92 Å². The third kappa shape index (κ3) is 5.41. The molecular formula is C19H25N3O2S. The second kappa shape index (κ2) is 8.78. The molecule has 1 unspecified atom stereocenters. The molecule has 0 bridgehead atoms. The van der Waals surface area contributed by atoms with Crippen LogP contribution in [0.3, 0.4) is 0 Å². The van der Waals surface area contributed by atoms with E-state index in [1.165, 1.54) is 9.78 Å². The van der Waals surface area contributed by atoms with Crippen LogP contribution in [0.2, 0.25) is 0 Å². The number of carbonyl (C=O) groups excluding carboxylic acids is 2. The van der Waals surface area contributed by atoms with E-state index in [1.807, 2.05) is 11.4 Å². The van der Waals surface area contributed by atoms with Crippen molar-refractivity contribution in [2.75, 3.05) is 26.0 Å². The number of benzene rings is 1. The van der Waals surface area contributed by atoms with Crippen molar-refractivity contribution >= 4 is 28.8 Å². The van der Waals surface area contributed by atoms with E-state index in [0.717, 1.165) is 0 Å². The van der Waals surface area contributed by atoms with Gasteiger partial charge in [0, 0.05) is 36.3 Å². The van der Waals surface area contributed by atoms with Gasteiger partial charge in [-0.1, -0.05) is 26.0 Å². The Balaban J connectivity index is 1.96. The molecule has 0 fully saturated rings. The molecule has 0 aliphatic heterocycles. The van der Waals surface area contributed by atoms with Crippen molar-refractivity contribution in [1.82, 2.24) is 10.2 Å². The Morgan fingerprint density at radius 1 is 1.16 bits per heavy atom. The first-order chi connectivity index (χ1) is 11.9. The average Bonchev–Trinajstić information content (AvgIpc) is 3.08. The van der Waals surface area contributed by atoms with Crippen LogP contribution in [-0.2, 0) is 4.79 Å². The van der Waals surface area contributed by atoms with Crippen molar-refractivity contribution < 1.29 is 9.59 Å². The van der Waals surface area contributed by atoms with Gasteiger partial charge in [0.25, 0.3) is 5.91 Å². The Bertz CT molecular complexity index is 711. The minimum Gasteiger partial charge on any atom is -0.345 e. The number of nitrogens with zero attached hydrogens (tertiary/aromatic N) is 1. The second-order valence-electron chi connectivity index (χ2n) is 6.45. The van der Waals surface area contributed by atoms with Gasteiger partial charge in [-0.2, -0.15) is 0 Å². The van der Waals surface area contributed by atoms with Crippen LogP contribution >= 0.6 is 11.3 Å². The van der Waals surface area contributed by atoms with Gasteiger partial charge in [0.15, 0.2) is 0 Å². The topological polar surface area (TPSA) is 61.4 Å². The number of hydrogen-bond donors (Lipinski definition) is 2. The zero-order valence-corrected chi connectivity index (χ0v) is 15.9. The second-order valence-corrected chi connectivity index (χ2v) is 7.43. The summed E-state index contributed by atoms with van der Waals surface area (Å²) in [6.45, 7) is 4.48. The van der Waals surface area contributed by atoms with Gasteiger partial charge in [0.2, 0.25) is 5.91 Å². The third-order valence-corrected chi connectivity index (χ3v) is 4.75. The molecule has 0 spiro atoms. The summed E-state index contributed by atoms with van der Waals surface area (Å²) in [4.78, 5) is 27.0. The fourth-order valence-electron chi connectivity index (χ4n) is 2.53. The van der Waals surface area contributed by atoms with Crippen molar-refractivity contribution in [1.29, 1.82) is 0 Å². The Kier molecular flexibility index (Phi) is 6.73. The molecule has 0 aliphatic carbocycles. The molecule has 2 N–H and O–H groups in total. The maximum Gasteiger partial charge on any atom is 0.253 e. The lowest BCUT2D eigenvalue weighted by Crippen LogP contribution is -2.33. The summed E-state index contributed by atoms with van der Waals surface area (Å²) >= 11 is 1.69. The van der Waals surface area contributed by atoms with Crippen molar-refractivity contribution in [2.24, 2.45) is 5.92 Å². The predicted octanol–water partition coefficient (Wildman–Crippen LogP) is 3.38. The van der Waals surface area contributed by atoms with E-state index in [-0.39, 0.29) is 24.4 Å². The molecule has 2 aromatic rings. The number of anilines is 1. The molecule has 25 heavy (non-hydrogen) atoms. The minimum atomic E-state index is -0.128. The molecule has 6 heteroatoms. The smallest absolute Gasteiger partial charge is 0.253 e. The SMILES string of the molecule is CC(C)C(NCC(=O)Nc1cccc(C(=O)N(C)C)c1)c1cccs1. The van der Waals surface area contributed by atoms with Crippen LogP contribution < -0.4 is 10.6 Å². The molecule has 5 nitrogen and oxygen atoms in total. The molecule has 0 saturated heterocycles. The van der Waals surface area contributed by atoms with E-state index in [0.29, 0.717) is 17.2 Å². The van der Waals surface area contributed by atoms with Gasteiger partial charge < -0.3 is 15.5 Å². The monoisotopic (exact) mass is 359 g/mol. The largest absolute Gasteiger partial charge is 0.345 e. The summed E-state index contributed by atoms with van der Waals surface area (Å²) < 4.78 is 0. The zero-order valence-electron chi connectivity index (χ0n) is 15.1. The third-order valence-electron chi connectivity index (χ3n) is 3.80. The quantitative estimate of drug-likeness (QED) is 0.797. The highest BCUT2D eigenvalue weighted by Crippen LogP contribution is 2.25. The Morgan fingerprint density at radius 3 is 2.52 bits per heavy atom. The van der Waals surface area contributed by atoms with Gasteiger partial charge in [0.05, 0.1) is 6.54 Å². The first kappa shape index (κ1) is 19.1. The normalized spacial score (nSPS) is 12.0. The molecule has 1 aromatic heterocycles. The van der Waals surface area contributed by atoms with E-state index in [2.05, 4.69) is 30.5 Å². The molecule has 0 radical (unpaired) electrons. The Hall–Kier alpha value is -2.18. The van der Waals surface area contributed by atoms with Gasteiger partial charge in [0.1, 0.15) is 0 Å². The van der Waals surface area contributed by atoms with Gasteiger partial charge in [-0.05, 0) is 35.6 Å². The lowest BCUT2D eigenvalue weighted by Gasteiger charge is -2.21. The highest BCUT2D eigenvalue weighted by Gasteiger charge is 2.17. The standard InChI is InChI=1S/C19H25N3O2S/c1-13(2)18(16-9-6-10-25-16)20-12-17(23)21-15-8-5-7-14(11-15)19(24)22(3)4/h5-11,13,18,20H,12H2,1-4H3,(H,21,23). The van der Waals surface area contributed by atoms with E-state index in [9.17, 15) is 9.59 Å². The van der Waals surface area contributed by atoms with Crippen LogP contribution in [0.15, 0.2) is 41.8 Å². The lowest BCUT2D eigenvalue weighted by molar-refractivity contribution is -0.115. The fourth-order valence-corrected chi connectivity index (χ4v) is 3.50. The molecule has 134 valence electrons. The zero-order chi connectivity index (χ0) is 18.4. The first-order valence-corrected chi connectivity index (χ1v) is 9.14. The molecular weight excluding hydrogens is 334 g/mol. The number of rotatable bonds is 7. The van der Waals surface area contributed by atoms with Crippen molar-refractivity contribution in [3.05, 3.63) is 52.2 Å². The van der Waals surface area contributed by atoms with Crippen molar-refractivity contribution in [3.63, 3.8) is 0 Å². The highest BCUT2D eigenvalue weighted by atomic mass is 32.1. The summed E-state index contributed by atoms with van der Waals surface area (Å²) in [6.07, 6.45) is 0. The number of hydrogen-bond acceptors (Lipinski definition) is 4. The van der Waals surface area contributed by atoms with Crippen LogP contribution in [0.5, 0.6) is 0 Å². The lowest BCUT2D eigenvalue weighted by atomic mass is 10.0.